The normalized spacial score (nSPS) is 39.9. The van der Waals surface area contributed by atoms with Crippen molar-refractivity contribution in [1.82, 2.24) is 10.2 Å². The van der Waals surface area contributed by atoms with Crippen LogP contribution in [0.5, 0.6) is 0 Å². The molecule has 1 aromatic carbocycles. The first kappa shape index (κ1) is 46.2. The minimum atomic E-state index is -2.86. The van der Waals surface area contributed by atoms with Gasteiger partial charge in [-0.1, -0.05) is 84.0 Å². The summed E-state index contributed by atoms with van der Waals surface area (Å²) in [6.07, 6.45) is 21.1. The van der Waals surface area contributed by atoms with Gasteiger partial charge in [-0.15, -0.1) is 0 Å². The van der Waals surface area contributed by atoms with Gasteiger partial charge in [-0.25, -0.2) is 13.2 Å². The summed E-state index contributed by atoms with van der Waals surface area (Å²) in [6, 6.07) is 9.42. The van der Waals surface area contributed by atoms with Crippen molar-refractivity contribution in [2.45, 2.75) is 137 Å². The minimum Gasteiger partial charge on any atom is -0.461 e. The van der Waals surface area contributed by atoms with Crippen LogP contribution in [-0.2, 0) is 24.2 Å². The van der Waals surface area contributed by atoms with Crippen LogP contribution in [-0.4, -0.2) is 75.3 Å². The molecular weight excluding hydrogens is 781 g/mol. The molecule has 0 radical (unpaired) electrons. The van der Waals surface area contributed by atoms with Crippen molar-refractivity contribution in [3.63, 3.8) is 0 Å². The number of hydrogen-bond acceptors (Lipinski definition) is 8. The minimum absolute atomic E-state index is 0.0107. The van der Waals surface area contributed by atoms with Crippen molar-refractivity contribution in [3.05, 3.63) is 71.3 Å². The van der Waals surface area contributed by atoms with Gasteiger partial charge in [0.2, 0.25) is 0 Å². The average molecular weight is 857 g/mol. The summed E-state index contributed by atoms with van der Waals surface area (Å²) in [5.74, 6) is 3.67. The fourth-order valence-corrected chi connectivity index (χ4v) is 16.9. The highest BCUT2D eigenvalue weighted by molar-refractivity contribution is 7.91. The summed E-state index contributed by atoms with van der Waals surface area (Å²) in [5, 5.41) is 4.24. The zero-order valence-corrected chi connectivity index (χ0v) is 39.4. The maximum Gasteiger partial charge on any atom is 0.373 e. The molecule has 61 heavy (non-hydrogen) atoms. The van der Waals surface area contributed by atoms with Gasteiger partial charge in [-0.2, -0.15) is 9.59 Å². The number of hydrogen-bond donors (Lipinski definition) is 1. The molecule has 6 aliphatic carbocycles. The number of esters is 1. The molecule has 8 nitrogen and oxygen atoms in total. The number of benzene rings is 1. The summed E-state index contributed by atoms with van der Waals surface area (Å²) >= 11 is 0. The number of nitrogens with one attached hydrogen (secondary N) is 1. The lowest BCUT2D eigenvalue weighted by Crippen LogP contribution is -2.68. The lowest BCUT2D eigenvalue weighted by atomic mass is 9.33. The molecule has 1 heterocycles. The molecule has 1 unspecified atom stereocenters. The quantitative estimate of drug-likeness (QED) is 0.183. The smallest absolute Gasteiger partial charge is 0.373 e. The number of rotatable bonds is 10. The van der Waals surface area contributed by atoms with Crippen molar-refractivity contribution in [2.24, 2.45) is 56.7 Å². The Morgan fingerprint density at radius 1 is 0.885 bits per heavy atom. The molecule has 5 fully saturated rings. The molecule has 1 saturated heterocycles. The highest BCUT2D eigenvalue weighted by Crippen LogP contribution is 2.76. The van der Waals surface area contributed by atoms with E-state index in [2.05, 4.69) is 77.4 Å². The van der Waals surface area contributed by atoms with E-state index in [0.717, 1.165) is 38.8 Å². The van der Waals surface area contributed by atoms with E-state index in [1.54, 1.807) is 11.1 Å². The van der Waals surface area contributed by atoms with Crippen LogP contribution in [0.4, 0.5) is 0 Å². The van der Waals surface area contributed by atoms with E-state index in [4.69, 9.17) is 14.3 Å². The number of fused-ring (bicyclic) bond motifs is 7. The molecule has 10 atom stereocenters. The largest absolute Gasteiger partial charge is 0.461 e. The molecule has 336 valence electrons. The van der Waals surface area contributed by atoms with Crippen molar-refractivity contribution < 1.29 is 27.5 Å². The molecule has 1 aliphatic heterocycles. The molecule has 0 spiro atoms. The second-order valence-corrected chi connectivity index (χ2v) is 24.4. The third-order valence-electron chi connectivity index (χ3n) is 19.3. The van der Waals surface area contributed by atoms with Crippen LogP contribution >= 0.6 is 0 Å². The molecular formula is C52H76N2O6S. The van der Waals surface area contributed by atoms with Crippen molar-refractivity contribution in [3.8, 4) is 0 Å². The van der Waals surface area contributed by atoms with Crippen molar-refractivity contribution in [1.29, 1.82) is 0 Å². The highest BCUT2D eigenvalue weighted by Gasteiger charge is 2.70. The highest BCUT2D eigenvalue weighted by atomic mass is 32.2. The van der Waals surface area contributed by atoms with E-state index in [1.165, 1.54) is 63.4 Å². The molecule has 0 aromatic heterocycles. The molecule has 1 N–H and O–H groups in total. The Labute approximate surface area is 368 Å². The van der Waals surface area contributed by atoms with Crippen LogP contribution in [0.25, 0.3) is 0 Å². The lowest BCUT2D eigenvalue weighted by molar-refractivity contribution is -0.221. The van der Waals surface area contributed by atoms with Crippen molar-refractivity contribution >= 4 is 22.0 Å². The van der Waals surface area contributed by atoms with Crippen LogP contribution in [0.15, 0.2) is 65.8 Å². The van der Waals surface area contributed by atoms with E-state index in [1.807, 2.05) is 30.3 Å². The molecule has 4 saturated carbocycles. The summed E-state index contributed by atoms with van der Waals surface area (Å²) < 4.78 is 30.1. The number of allylic oxidation sites excluding steroid dienone is 5. The monoisotopic (exact) mass is 857 g/mol. The van der Waals surface area contributed by atoms with E-state index in [-0.39, 0.29) is 33.9 Å². The fraction of sp³-hybridized carbons (Fsp3) is 0.731. The summed E-state index contributed by atoms with van der Waals surface area (Å²) in [4.78, 5) is 31.5. The second-order valence-electron chi connectivity index (χ2n) is 22.1. The zero-order valence-electron chi connectivity index (χ0n) is 38.6. The van der Waals surface area contributed by atoms with E-state index >= 15 is 0 Å². The van der Waals surface area contributed by atoms with Gasteiger partial charge < -0.3 is 15.0 Å². The van der Waals surface area contributed by atoms with Crippen LogP contribution in [0.3, 0.4) is 0 Å². The van der Waals surface area contributed by atoms with Gasteiger partial charge in [0.25, 0.3) is 0 Å². The van der Waals surface area contributed by atoms with Gasteiger partial charge in [-0.05, 0) is 165 Å². The first-order chi connectivity index (χ1) is 28.8. The van der Waals surface area contributed by atoms with Crippen LogP contribution in [0.2, 0.25) is 0 Å². The Hall–Kier alpha value is -2.84. The standard InChI is InChI=1S/C51H76N2O4S.CO2/c1-9-50(35-57-45(54)38-13-11-10-12-14-38)24-17-37(18-25-50)40-20-22-47(6)42(46(40,4)5)21-23-49(8)43(47)16-15-41-44-39(36(2)3)19-26-51(44,28-27-48(41,49)7)52-29-30-53-31-33-58(55,56)34-32-53;2-1-3/h10-14,17,20,39,41-44,52H,2,9,15-16,18-19,21-35H2,1,3-8H3;/t39-,41+,42-,43+,44+,47-,48+,49+,50?,51-;/m0./s1. The topological polar surface area (TPSA) is 110 Å². The SMILES string of the molecule is C=C(C)[C@@H]1CC[C@]2(NCCN3CCS(=O)(=O)CC3)CC[C@]3(C)[C@H](CC[C@@H]4[C@@]5(C)CC=C(C6=CCC(CC)(COC(=O)c7ccccc7)CC6)C(C)(C)[C@@H]5CC[C@]43C)[C@@H]12.O=C=O. The first-order valence-electron chi connectivity index (χ1n) is 23.8. The number of ether oxygens (including phenoxy) is 1. The first-order valence-corrected chi connectivity index (χ1v) is 25.6. The van der Waals surface area contributed by atoms with Gasteiger partial charge >= 0.3 is 12.1 Å². The summed E-state index contributed by atoms with van der Waals surface area (Å²) in [7, 11) is -2.86. The van der Waals surface area contributed by atoms with Gasteiger partial charge in [-0.3, -0.25) is 0 Å². The van der Waals surface area contributed by atoms with Gasteiger partial charge in [0, 0.05) is 37.1 Å². The van der Waals surface area contributed by atoms with E-state index < -0.39 is 9.84 Å². The van der Waals surface area contributed by atoms with Crippen LogP contribution < -0.4 is 5.32 Å². The maximum absolute atomic E-state index is 12.9. The Balaban J connectivity index is 0.00000182. The number of carbonyl (C=O) groups is 1. The van der Waals surface area contributed by atoms with E-state index in [0.29, 0.717) is 77.2 Å². The predicted octanol–water partition coefficient (Wildman–Crippen LogP) is 10.0. The Morgan fingerprint density at radius 3 is 2.23 bits per heavy atom. The zero-order chi connectivity index (χ0) is 44.1. The molecule has 0 amide bonds. The molecule has 1 aromatic rings. The number of carbonyl (C=O) groups excluding carboxylic acids is 3. The molecule has 7 aliphatic rings. The third-order valence-corrected chi connectivity index (χ3v) is 20.9. The predicted molar refractivity (Wildman–Crippen MR) is 242 cm³/mol. The van der Waals surface area contributed by atoms with Gasteiger partial charge in [0.05, 0.1) is 23.7 Å². The maximum atomic E-state index is 12.9. The Bertz CT molecular complexity index is 2010. The summed E-state index contributed by atoms with van der Waals surface area (Å²) in [5.41, 5.74) is 6.36. The Morgan fingerprint density at radius 2 is 1.59 bits per heavy atom. The summed E-state index contributed by atoms with van der Waals surface area (Å²) in [6.45, 7) is 26.3. The van der Waals surface area contributed by atoms with Gasteiger partial charge in [0.15, 0.2) is 9.84 Å². The third kappa shape index (κ3) is 8.14. The average Bonchev–Trinajstić information content (AvgIpc) is 3.62. The van der Waals surface area contributed by atoms with Crippen LogP contribution in [0, 0.1) is 56.7 Å². The second kappa shape index (κ2) is 17.3. The number of sulfone groups is 1. The molecule has 0 bridgehead atoms. The lowest BCUT2D eigenvalue weighted by Gasteiger charge is -2.72. The number of nitrogens with zero attached hydrogens (tertiary/aromatic N) is 1. The Kier molecular flexibility index (Phi) is 13.1. The van der Waals surface area contributed by atoms with Crippen molar-refractivity contribution in [2.75, 3.05) is 44.3 Å². The van der Waals surface area contributed by atoms with E-state index in [9.17, 15) is 13.2 Å². The van der Waals surface area contributed by atoms with Crippen LogP contribution in [0.1, 0.15) is 142 Å². The van der Waals surface area contributed by atoms with Gasteiger partial charge in [0.1, 0.15) is 0 Å². The fourth-order valence-electron chi connectivity index (χ4n) is 15.7. The molecule has 8 rings (SSSR count). The molecule has 9 heteroatoms.